The molecule has 0 saturated carbocycles. The summed E-state index contributed by atoms with van der Waals surface area (Å²) in [5, 5.41) is 3.79. The molecule has 0 unspecified atom stereocenters. The first-order valence-corrected chi connectivity index (χ1v) is 8.33. The summed E-state index contributed by atoms with van der Waals surface area (Å²) in [6.45, 7) is 16.5. The van der Waals surface area contributed by atoms with Gasteiger partial charge in [-0.3, -0.25) is 0 Å². The molecule has 0 aromatic carbocycles. The van der Waals surface area contributed by atoms with Gasteiger partial charge in [0.25, 0.3) is 0 Å². The minimum atomic E-state index is 0.267. The van der Waals surface area contributed by atoms with E-state index in [1.54, 1.807) is 0 Å². The highest BCUT2D eigenvalue weighted by molar-refractivity contribution is 5.00. The van der Waals surface area contributed by atoms with Crippen LogP contribution < -0.4 is 5.32 Å². The van der Waals surface area contributed by atoms with Gasteiger partial charge in [-0.2, -0.15) is 0 Å². The van der Waals surface area contributed by atoms with Gasteiger partial charge in [-0.05, 0) is 60.0 Å². The SMILES string of the molecule is CCCCCCN(CC)C1CC(C)(C)NC(C)(C)C1. The molecule has 1 fully saturated rings. The molecule has 2 heteroatoms. The van der Waals surface area contributed by atoms with Gasteiger partial charge in [0.05, 0.1) is 0 Å². The zero-order valence-corrected chi connectivity index (χ0v) is 14.2. The van der Waals surface area contributed by atoms with Crippen LogP contribution in [0.4, 0.5) is 0 Å². The Hall–Kier alpha value is -0.0800. The van der Waals surface area contributed by atoms with Gasteiger partial charge >= 0.3 is 0 Å². The van der Waals surface area contributed by atoms with Gasteiger partial charge in [0.15, 0.2) is 0 Å². The maximum Gasteiger partial charge on any atom is 0.0145 e. The molecule has 0 aromatic rings. The maximum atomic E-state index is 3.79. The third-order valence-corrected chi connectivity index (χ3v) is 4.39. The Balaban J connectivity index is 2.54. The average Bonchev–Trinajstić information content (AvgIpc) is 2.25. The molecule has 1 N–H and O–H groups in total. The van der Waals surface area contributed by atoms with Crippen molar-refractivity contribution in [3.05, 3.63) is 0 Å². The lowest BCUT2D eigenvalue weighted by Crippen LogP contribution is -2.62. The second kappa shape index (κ2) is 7.08. The molecule has 1 aliphatic rings. The molecular formula is C17H36N2. The molecule has 1 heterocycles. The third-order valence-electron chi connectivity index (χ3n) is 4.39. The van der Waals surface area contributed by atoms with Crippen molar-refractivity contribution in [1.82, 2.24) is 10.2 Å². The fraction of sp³-hybridized carbons (Fsp3) is 1.00. The Morgan fingerprint density at radius 1 is 0.947 bits per heavy atom. The number of hydrogen-bond donors (Lipinski definition) is 1. The minimum absolute atomic E-state index is 0.267. The smallest absolute Gasteiger partial charge is 0.0145 e. The topological polar surface area (TPSA) is 15.3 Å². The summed E-state index contributed by atoms with van der Waals surface area (Å²) < 4.78 is 0. The van der Waals surface area contributed by atoms with Crippen LogP contribution in [0.1, 0.15) is 80.1 Å². The highest BCUT2D eigenvalue weighted by atomic mass is 15.2. The molecule has 0 amide bonds. The standard InChI is InChI=1S/C17H36N2/c1-7-9-10-11-12-19(8-2)15-13-16(3,4)18-17(5,6)14-15/h15,18H,7-14H2,1-6H3. The predicted octanol–water partition coefficient (Wildman–Crippen LogP) is 4.20. The Morgan fingerprint density at radius 3 is 2.00 bits per heavy atom. The van der Waals surface area contributed by atoms with E-state index < -0.39 is 0 Å². The molecule has 0 bridgehead atoms. The van der Waals surface area contributed by atoms with Gasteiger partial charge in [0.2, 0.25) is 0 Å². The van der Waals surface area contributed by atoms with E-state index in [0.29, 0.717) is 0 Å². The van der Waals surface area contributed by atoms with Crippen LogP contribution >= 0.6 is 0 Å². The summed E-state index contributed by atoms with van der Waals surface area (Å²) in [5.74, 6) is 0. The molecule has 0 aliphatic carbocycles. The number of rotatable bonds is 7. The fourth-order valence-electron chi connectivity index (χ4n) is 3.87. The second-order valence-electron chi connectivity index (χ2n) is 7.64. The van der Waals surface area contributed by atoms with Gasteiger partial charge in [0, 0.05) is 17.1 Å². The first-order chi connectivity index (χ1) is 8.79. The van der Waals surface area contributed by atoms with Crippen molar-refractivity contribution in [2.75, 3.05) is 13.1 Å². The first-order valence-electron chi connectivity index (χ1n) is 8.33. The van der Waals surface area contributed by atoms with Crippen molar-refractivity contribution in [1.29, 1.82) is 0 Å². The van der Waals surface area contributed by atoms with Gasteiger partial charge < -0.3 is 10.2 Å². The molecule has 1 aliphatic heterocycles. The highest BCUT2D eigenvalue weighted by Gasteiger charge is 2.39. The van der Waals surface area contributed by atoms with E-state index in [-0.39, 0.29) is 11.1 Å². The fourth-order valence-corrected chi connectivity index (χ4v) is 3.87. The van der Waals surface area contributed by atoms with E-state index in [2.05, 4.69) is 51.8 Å². The lowest BCUT2D eigenvalue weighted by Gasteiger charge is -2.49. The van der Waals surface area contributed by atoms with E-state index in [4.69, 9.17) is 0 Å². The monoisotopic (exact) mass is 268 g/mol. The van der Waals surface area contributed by atoms with Crippen LogP contribution in [0.2, 0.25) is 0 Å². The van der Waals surface area contributed by atoms with E-state index in [0.717, 1.165) is 6.04 Å². The average molecular weight is 268 g/mol. The molecule has 1 saturated heterocycles. The summed E-state index contributed by atoms with van der Waals surface area (Å²) >= 11 is 0. The minimum Gasteiger partial charge on any atom is -0.307 e. The van der Waals surface area contributed by atoms with Crippen LogP contribution in [-0.4, -0.2) is 35.1 Å². The molecule has 19 heavy (non-hydrogen) atoms. The molecule has 2 nitrogen and oxygen atoms in total. The predicted molar refractivity (Wildman–Crippen MR) is 85.7 cm³/mol. The van der Waals surface area contributed by atoms with E-state index in [9.17, 15) is 0 Å². The Bertz CT molecular complexity index is 242. The van der Waals surface area contributed by atoms with Crippen molar-refractivity contribution < 1.29 is 0 Å². The van der Waals surface area contributed by atoms with Crippen molar-refractivity contribution in [3.63, 3.8) is 0 Å². The largest absolute Gasteiger partial charge is 0.307 e. The van der Waals surface area contributed by atoms with Gasteiger partial charge in [-0.15, -0.1) is 0 Å². The summed E-state index contributed by atoms with van der Waals surface area (Å²) in [4.78, 5) is 2.72. The van der Waals surface area contributed by atoms with Crippen molar-refractivity contribution in [2.24, 2.45) is 0 Å². The second-order valence-corrected chi connectivity index (χ2v) is 7.64. The Labute approximate surface area is 121 Å². The molecule has 0 aromatic heterocycles. The maximum absolute atomic E-state index is 3.79. The number of nitrogens with zero attached hydrogens (tertiary/aromatic N) is 1. The van der Waals surface area contributed by atoms with Crippen molar-refractivity contribution >= 4 is 0 Å². The van der Waals surface area contributed by atoms with Crippen LogP contribution in [0.25, 0.3) is 0 Å². The lowest BCUT2D eigenvalue weighted by atomic mass is 9.79. The number of nitrogens with one attached hydrogen (secondary N) is 1. The summed E-state index contributed by atoms with van der Waals surface area (Å²) in [5.41, 5.74) is 0.534. The molecule has 1 rings (SSSR count). The van der Waals surface area contributed by atoms with Crippen LogP contribution in [0.5, 0.6) is 0 Å². The van der Waals surface area contributed by atoms with Crippen LogP contribution in [-0.2, 0) is 0 Å². The van der Waals surface area contributed by atoms with Gasteiger partial charge in [0.1, 0.15) is 0 Å². The van der Waals surface area contributed by atoms with Gasteiger partial charge in [-0.1, -0.05) is 33.1 Å². The molecule has 0 radical (unpaired) electrons. The van der Waals surface area contributed by atoms with Crippen molar-refractivity contribution in [3.8, 4) is 0 Å². The first kappa shape index (κ1) is 17.0. The summed E-state index contributed by atoms with van der Waals surface area (Å²) in [7, 11) is 0. The zero-order chi connectivity index (χ0) is 14.5. The molecular weight excluding hydrogens is 232 g/mol. The van der Waals surface area contributed by atoms with E-state index >= 15 is 0 Å². The highest BCUT2D eigenvalue weighted by Crippen LogP contribution is 2.31. The lowest BCUT2D eigenvalue weighted by molar-refractivity contribution is 0.0681. The Kier molecular flexibility index (Phi) is 6.32. The van der Waals surface area contributed by atoms with E-state index in [1.165, 1.54) is 51.6 Å². The number of unbranched alkanes of at least 4 members (excludes halogenated alkanes) is 3. The summed E-state index contributed by atoms with van der Waals surface area (Å²) in [6.07, 6.45) is 8.04. The third kappa shape index (κ3) is 5.83. The molecule has 114 valence electrons. The van der Waals surface area contributed by atoms with Crippen molar-refractivity contribution in [2.45, 2.75) is 97.2 Å². The zero-order valence-electron chi connectivity index (χ0n) is 14.2. The van der Waals surface area contributed by atoms with Crippen LogP contribution in [0, 0.1) is 0 Å². The van der Waals surface area contributed by atoms with E-state index in [1.807, 2.05) is 0 Å². The normalized spacial score (nSPS) is 22.9. The number of piperidine rings is 1. The summed E-state index contributed by atoms with van der Waals surface area (Å²) in [6, 6.07) is 0.748. The van der Waals surface area contributed by atoms with Gasteiger partial charge in [-0.25, -0.2) is 0 Å². The van der Waals surface area contributed by atoms with Crippen LogP contribution in [0.3, 0.4) is 0 Å². The quantitative estimate of drug-likeness (QED) is 0.696. The Morgan fingerprint density at radius 2 is 1.53 bits per heavy atom. The molecule has 0 atom stereocenters. The van der Waals surface area contributed by atoms with Crippen LogP contribution in [0.15, 0.2) is 0 Å². The molecule has 0 spiro atoms. The number of hydrogen-bond acceptors (Lipinski definition) is 2.